The Morgan fingerprint density at radius 1 is 1.17 bits per heavy atom. The maximum atomic E-state index is 8.00. The Labute approximate surface area is 89.1 Å². The fourth-order valence-electron chi connectivity index (χ4n) is 0. The molecule has 0 aliphatic carbocycles. The van der Waals surface area contributed by atoms with E-state index in [2.05, 4.69) is 12.5 Å². The van der Waals surface area contributed by atoms with Crippen molar-refractivity contribution in [1.82, 2.24) is 0 Å². The van der Waals surface area contributed by atoms with E-state index in [1.54, 1.807) is 0 Å². The molecule has 0 amide bonds. The van der Waals surface area contributed by atoms with E-state index in [-0.39, 0.29) is 62.0 Å². The Kier molecular flexibility index (Phi) is 319. The molecule has 0 radical (unpaired) electrons. The van der Waals surface area contributed by atoms with Gasteiger partial charge < -0.3 is 7.65 Å². The molecular formula is CH4Na2O2S. The van der Waals surface area contributed by atoms with Gasteiger partial charge >= 0.3 is 59.1 Å². The molecule has 0 atom stereocenters. The normalized spacial score (nSPS) is 1.33. The predicted octanol–water partition coefficient (Wildman–Crippen LogP) is -6.29. The van der Waals surface area contributed by atoms with Crippen molar-refractivity contribution in [2.75, 3.05) is 0 Å². The quantitative estimate of drug-likeness (QED) is 0.303. The third kappa shape index (κ3) is 43.8. The van der Waals surface area contributed by atoms with Gasteiger partial charge in [-0.2, -0.15) is 4.21 Å². The molecular weight excluding hydrogens is 122 g/mol. The van der Waals surface area contributed by atoms with Gasteiger partial charge in [0.25, 0.3) is 0 Å². The average molecular weight is 126 g/mol. The van der Waals surface area contributed by atoms with Crippen LogP contribution in [0.2, 0.25) is 0 Å². The Morgan fingerprint density at radius 2 is 1.17 bits per heavy atom. The smallest absolute Gasteiger partial charge is 1.00 e. The van der Waals surface area contributed by atoms with Gasteiger partial charge in [-0.1, -0.05) is 0 Å². The molecule has 0 aromatic heterocycles. The van der Waals surface area contributed by atoms with E-state index in [9.17, 15) is 0 Å². The Hall–Kier alpha value is 1.69. The van der Waals surface area contributed by atoms with Crippen LogP contribution in [0.4, 0.5) is 0 Å². The summed E-state index contributed by atoms with van der Waals surface area (Å²) in [7, 11) is 0. The first-order valence-corrected chi connectivity index (χ1v) is 0.789. The molecule has 0 rings (SSSR count). The summed E-state index contributed by atoms with van der Waals surface area (Å²) in [5, 5.41) is 0. The van der Waals surface area contributed by atoms with Crippen LogP contribution in [0.15, 0.2) is 0 Å². The minimum absolute atomic E-state index is 0. The van der Waals surface area contributed by atoms with Crippen LogP contribution in [-0.2, 0) is 17.3 Å². The van der Waals surface area contributed by atoms with E-state index in [1.807, 2.05) is 6.79 Å². The molecule has 0 saturated heterocycles. The van der Waals surface area contributed by atoms with Gasteiger partial charge in [-0.05, 0) is 0 Å². The molecule has 0 aliphatic heterocycles. The summed E-state index contributed by atoms with van der Waals surface area (Å²) in [5.41, 5.74) is 0. The first kappa shape index (κ1) is 25.3. The summed E-state index contributed by atoms with van der Waals surface area (Å²) >= 11 is 2.83. The average Bonchev–Trinajstić information content (AvgIpc) is 1.50. The maximum absolute atomic E-state index is 8.00. The van der Waals surface area contributed by atoms with Crippen LogP contribution in [0.1, 0.15) is 2.85 Å². The van der Waals surface area contributed by atoms with Crippen LogP contribution in [0.3, 0.4) is 0 Å². The van der Waals surface area contributed by atoms with E-state index in [0.717, 1.165) is 0 Å². The molecule has 0 heterocycles. The summed E-state index contributed by atoms with van der Waals surface area (Å²) in [5.74, 6) is 0. The van der Waals surface area contributed by atoms with Crippen LogP contribution >= 0.6 is 0 Å². The standard InChI is InChI=1S/CH2O.2Na.OS.2H/c1-2;;;1-2;;/h1H2;;;;;/q;2*+1;;2*-1. The van der Waals surface area contributed by atoms with E-state index >= 15 is 0 Å². The van der Waals surface area contributed by atoms with Crippen molar-refractivity contribution in [3.63, 3.8) is 0 Å². The second kappa shape index (κ2) is 75.8. The molecule has 5 heteroatoms. The van der Waals surface area contributed by atoms with Gasteiger partial charge in [0.1, 0.15) is 6.79 Å². The van der Waals surface area contributed by atoms with Crippen LogP contribution in [0, 0.1) is 0 Å². The fourth-order valence-corrected chi connectivity index (χ4v) is 0. The molecule has 0 saturated carbocycles. The Morgan fingerprint density at radius 3 is 1.17 bits per heavy atom. The van der Waals surface area contributed by atoms with Crippen LogP contribution in [-0.4, -0.2) is 11.0 Å². The zero-order valence-electron chi connectivity index (χ0n) is 5.93. The number of carbonyl (C=O) groups excluding carboxylic acids is 1. The van der Waals surface area contributed by atoms with Gasteiger partial charge in [0.05, 0.1) is 0 Å². The van der Waals surface area contributed by atoms with Crippen molar-refractivity contribution in [3.8, 4) is 0 Å². The maximum Gasteiger partial charge on any atom is 1.00 e. The van der Waals surface area contributed by atoms with E-state index in [4.69, 9.17) is 9.00 Å². The van der Waals surface area contributed by atoms with Crippen molar-refractivity contribution in [1.29, 1.82) is 0 Å². The summed E-state index contributed by atoms with van der Waals surface area (Å²) in [4.78, 5) is 8.00. The van der Waals surface area contributed by atoms with Crippen LogP contribution < -0.4 is 59.1 Å². The molecule has 0 aromatic rings. The molecule has 2 nitrogen and oxygen atoms in total. The molecule has 0 aliphatic rings. The first-order valence-electron chi connectivity index (χ1n) is 0.455. The number of hydrogen-bond donors (Lipinski definition) is 0. The minimum atomic E-state index is 0. The second-order valence-corrected chi connectivity index (χ2v) is 0. The Balaban J connectivity index is -0.00000000167. The van der Waals surface area contributed by atoms with Gasteiger partial charge in [0, 0.05) is 0 Å². The van der Waals surface area contributed by atoms with Gasteiger partial charge in [0.2, 0.25) is 0 Å². The second-order valence-electron chi connectivity index (χ2n) is 0. The summed E-state index contributed by atoms with van der Waals surface area (Å²) in [6, 6.07) is 0. The molecule has 28 valence electrons. The molecule has 0 spiro atoms. The molecule has 0 aromatic carbocycles. The fraction of sp³-hybridized carbons (Fsp3) is 0. The van der Waals surface area contributed by atoms with E-state index in [1.165, 1.54) is 0 Å². The first-order chi connectivity index (χ1) is 2.00. The molecule has 0 N–H and O–H groups in total. The van der Waals surface area contributed by atoms with Gasteiger partial charge in [0.15, 0.2) is 12.5 Å². The SMILES string of the molecule is C=O.O=S.[H-].[H-].[Na+].[Na+]. The van der Waals surface area contributed by atoms with Crippen molar-refractivity contribution < 1.29 is 71.0 Å². The van der Waals surface area contributed by atoms with E-state index in [0.29, 0.717) is 0 Å². The summed E-state index contributed by atoms with van der Waals surface area (Å²) < 4.78 is 7.83. The predicted molar refractivity (Wildman–Crippen MR) is 17.5 cm³/mol. The largest absolute Gasteiger partial charge is 1.00 e. The van der Waals surface area contributed by atoms with Gasteiger partial charge in [-0.3, -0.25) is 0 Å². The van der Waals surface area contributed by atoms with Crippen LogP contribution in [0.5, 0.6) is 0 Å². The monoisotopic (exact) mass is 126 g/mol. The molecule has 0 unspecified atom stereocenters. The summed E-state index contributed by atoms with van der Waals surface area (Å²) in [6.07, 6.45) is 0. The third-order valence-electron chi connectivity index (χ3n) is 0. The number of carbonyl (C=O) groups is 1. The van der Waals surface area contributed by atoms with Crippen molar-refractivity contribution in [2.24, 2.45) is 0 Å². The van der Waals surface area contributed by atoms with Gasteiger partial charge in [-0.25, -0.2) is 0 Å². The zero-order valence-corrected chi connectivity index (χ0v) is 8.75. The minimum Gasteiger partial charge on any atom is -1.00 e. The topological polar surface area (TPSA) is 34.1 Å². The Bertz CT molecular complexity index is 20.0. The van der Waals surface area contributed by atoms with Crippen molar-refractivity contribution in [2.45, 2.75) is 0 Å². The van der Waals surface area contributed by atoms with Crippen LogP contribution in [0.25, 0.3) is 0 Å². The summed E-state index contributed by atoms with van der Waals surface area (Å²) in [6.45, 7) is 2.00. The third-order valence-corrected chi connectivity index (χ3v) is 0. The number of rotatable bonds is 0. The molecule has 6 heavy (non-hydrogen) atoms. The number of hydrogen-bond acceptors (Lipinski definition) is 3. The molecule has 0 fully saturated rings. The van der Waals surface area contributed by atoms with Crippen molar-refractivity contribution >= 4 is 19.3 Å². The molecule has 0 bridgehead atoms. The van der Waals surface area contributed by atoms with Gasteiger partial charge in [-0.15, -0.1) is 0 Å². The van der Waals surface area contributed by atoms with Crippen molar-refractivity contribution in [3.05, 3.63) is 0 Å². The van der Waals surface area contributed by atoms with E-state index < -0.39 is 0 Å². The zero-order chi connectivity index (χ0) is 4.00.